The second-order valence-electron chi connectivity index (χ2n) is 11.9. The number of fused-ring (bicyclic) bond motifs is 2. The topological polar surface area (TPSA) is 68.2 Å². The maximum atomic E-state index is 14.3. The summed E-state index contributed by atoms with van der Waals surface area (Å²) in [6.45, 7) is 7.32. The molecule has 1 N–H and O–H groups in total. The lowest BCUT2D eigenvalue weighted by Crippen LogP contribution is -2.56. The standard InChI is InChI=1S/C33H40INO5Si/c1-21-32(39-3)28-17-24(34)10-15-29(28)40-33(21)30(41(4,5)27-13-11-26(38-2)12-14-27)18-31(37)35-19-23-9-7-6-8-22(23)16-25(35)20-36/h6-15,17,21,25,30,32-33,36H,16,18-20H2,1-5H3/t21-,25+,30?,32-,33-/m1/s1. The molecule has 2 heterocycles. The summed E-state index contributed by atoms with van der Waals surface area (Å²) >= 11 is 2.33. The second kappa shape index (κ2) is 12.4. The number of methoxy groups -OCH3 is 2. The molecular weight excluding hydrogens is 645 g/mol. The van der Waals surface area contributed by atoms with Crippen molar-refractivity contribution in [3.05, 3.63) is 87.0 Å². The lowest BCUT2D eigenvalue weighted by Gasteiger charge is -2.46. The predicted molar refractivity (Wildman–Crippen MR) is 173 cm³/mol. The number of benzene rings is 3. The van der Waals surface area contributed by atoms with E-state index >= 15 is 0 Å². The number of hydrogen-bond donors (Lipinski definition) is 1. The van der Waals surface area contributed by atoms with Crippen LogP contribution in [-0.2, 0) is 22.5 Å². The molecule has 2 aliphatic heterocycles. The molecule has 0 fully saturated rings. The Hall–Kier alpha value is -2.40. The summed E-state index contributed by atoms with van der Waals surface area (Å²) in [7, 11) is 1.11. The van der Waals surface area contributed by atoms with Crippen molar-refractivity contribution in [1.82, 2.24) is 4.90 Å². The number of aliphatic hydroxyl groups is 1. The number of hydrogen-bond acceptors (Lipinski definition) is 5. The average Bonchev–Trinajstić information content (AvgIpc) is 2.99. The van der Waals surface area contributed by atoms with Crippen molar-refractivity contribution in [2.75, 3.05) is 20.8 Å². The van der Waals surface area contributed by atoms with Crippen LogP contribution in [0, 0.1) is 9.49 Å². The molecule has 218 valence electrons. The molecule has 0 aromatic heterocycles. The maximum Gasteiger partial charge on any atom is 0.223 e. The molecule has 3 aromatic carbocycles. The van der Waals surface area contributed by atoms with Crippen LogP contribution in [0.25, 0.3) is 0 Å². The van der Waals surface area contributed by atoms with Gasteiger partial charge in [0.2, 0.25) is 5.91 Å². The summed E-state index contributed by atoms with van der Waals surface area (Å²) in [5.41, 5.74) is 3.38. The minimum absolute atomic E-state index is 0.0317. The van der Waals surface area contributed by atoms with Gasteiger partial charge in [0.25, 0.3) is 0 Å². The molecule has 0 aliphatic carbocycles. The van der Waals surface area contributed by atoms with Crippen LogP contribution in [0.15, 0.2) is 66.7 Å². The van der Waals surface area contributed by atoms with Gasteiger partial charge in [0.1, 0.15) is 17.6 Å². The van der Waals surface area contributed by atoms with E-state index in [9.17, 15) is 9.90 Å². The van der Waals surface area contributed by atoms with Gasteiger partial charge in [-0.25, -0.2) is 0 Å². The van der Waals surface area contributed by atoms with Crippen molar-refractivity contribution in [3.8, 4) is 11.5 Å². The van der Waals surface area contributed by atoms with Gasteiger partial charge >= 0.3 is 0 Å². The summed E-state index contributed by atoms with van der Waals surface area (Å²) in [5.74, 6) is 1.74. The number of amides is 1. The van der Waals surface area contributed by atoms with E-state index in [0.717, 1.165) is 26.2 Å². The van der Waals surface area contributed by atoms with E-state index in [1.165, 1.54) is 10.8 Å². The van der Waals surface area contributed by atoms with Crippen molar-refractivity contribution in [3.63, 3.8) is 0 Å². The molecular formula is C33H40INO5Si. The number of nitrogens with zero attached hydrogens (tertiary/aromatic N) is 1. The average molecular weight is 686 g/mol. The van der Waals surface area contributed by atoms with Crippen LogP contribution in [-0.4, -0.2) is 57.0 Å². The van der Waals surface area contributed by atoms with Crippen molar-refractivity contribution < 1.29 is 24.1 Å². The fraction of sp³-hybridized carbons (Fsp3) is 0.424. The Balaban J connectivity index is 1.53. The van der Waals surface area contributed by atoms with E-state index in [2.05, 4.69) is 79.0 Å². The van der Waals surface area contributed by atoms with E-state index in [0.29, 0.717) is 19.4 Å². The largest absolute Gasteiger partial charge is 0.497 e. The van der Waals surface area contributed by atoms with E-state index in [1.807, 2.05) is 35.2 Å². The Morgan fingerprint density at radius 1 is 1.10 bits per heavy atom. The third-order valence-corrected chi connectivity index (χ3v) is 14.1. The number of ether oxygens (including phenoxy) is 3. The zero-order valence-corrected chi connectivity index (χ0v) is 27.6. The molecule has 6 nitrogen and oxygen atoms in total. The highest BCUT2D eigenvalue weighted by atomic mass is 127. The fourth-order valence-corrected chi connectivity index (χ4v) is 10.6. The lowest BCUT2D eigenvalue weighted by atomic mass is 9.86. The van der Waals surface area contributed by atoms with Crippen molar-refractivity contribution in [2.24, 2.45) is 5.92 Å². The first kappa shape index (κ1) is 30.1. The minimum atomic E-state index is -2.33. The highest BCUT2D eigenvalue weighted by Crippen LogP contribution is 2.47. The van der Waals surface area contributed by atoms with Gasteiger partial charge in [-0.2, -0.15) is 0 Å². The molecule has 5 rings (SSSR count). The van der Waals surface area contributed by atoms with Crippen molar-refractivity contribution in [1.29, 1.82) is 0 Å². The van der Waals surface area contributed by atoms with E-state index in [1.54, 1.807) is 14.2 Å². The van der Waals surface area contributed by atoms with Gasteiger partial charge in [-0.3, -0.25) is 4.79 Å². The Kier molecular flexibility index (Phi) is 9.13. The summed E-state index contributed by atoms with van der Waals surface area (Å²) < 4.78 is 19.5. The Bertz CT molecular complexity index is 1380. The second-order valence-corrected chi connectivity index (χ2v) is 17.9. The molecule has 3 aromatic rings. The quantitative estimate of drug-likeness (QED) is 0.243. The number of carbonyl (C=O) groups is 1. The van der Waals surface area contributed by atoms with Gasteiger partial charge in [0.15, 0.2) is 0 Å². The molecule has 0 spiro atoms. The van der Waals surface area contributed by atoms with Gasteiger partial charge < -0.3 is 24.2 Å². The van der Waals surface area contributed by atoms with E-state index in [4.69, 9.17) is 14.2 Å². The van der Waals surface area contributed by atoms with Crippen LogP contribution >= 0.6 is 22.6 Å². The summed E-state index contributed by atoms with van der Waals surface area (Å²) in [6, 6.07) is 22.5. The molecule has 1 amide bonds. The SMILES string of the molecule is COc1ccc([Si](C)(C)C(CC(=O)N2Cc3ccccc3C[C@H]2CO)[C@@H]2Oc3ccc(I)cc3[C@H](OC)[C@H]2C)cc1. The Labute approximate surface area is 258 Å². The number of aliphatic hydroxyl groups excluding tert-OH is 1. The van der Waals surface area contributed by atoms with Crippen molar-refractivity contribution in [2.45, 2.75) is 63.2 Å². The first-order valence-electron chi connectivity index (χ1n) is 14.3. The summed E-state index contributed by atoms with van der Waals surface area (Å²) in [5, 5.41) is 11.6. The number of carbonyl (C=O) groups excluding carboxylic acids is 1. The van der Waals surface area contributed by atoms with Crippen LogP contribution in [0.2, 0.25) is 18.6 Å². The highest BCUT2D eigenvalue weighted by Gasteiger charge is 2.48. The highest BCUT2D eigenvalue weighted by molar-refractivity contribution is 14.1. The molecule has 0 bridgehead atoms. The molecule has 41 heavy (non-hydrogen) atoms. The summed E-state index contributed by atoms with van der Waals surface area (Å²) in [6.07, 6.45) is 0.652. The van der Waals surface area contributed by atoms with Crippen LogP contribution in [0.3, 0.4) is 0 Å². The predicted octanol–water partition coefficient (Wildman–Crippen LogP) is 5.71. The molecule has 0 saturated heterocycles. The molecule has 1 unspecified atom stereocenters. The van der Waals surface area contributed by atoms with Crippen molar-refractivity contribution >= 4 is 41.8 Å². The van der Waals surface area contributed by atoms with Crippen LogP contribution < -0.4 is 14.7 Å². The Morgan fingerprint density at radius 3 is 2.46 bits per heavy atom. The van der Waals surface area contributed by atoms with E-state index in [-0.39, 0.29) is 42.2 Å². The first-order valence-corrected chi connectivity index (χ1v) is 18.4. The third-order valence-electron chi connectivity index (χ3n) is 9.23. The van der Waals surface area contributed by atoms with Gasteiger partial charge in [-0.05, 0) is 70.5 Å². The fourth-order valence-electron chi connectivity index (χ4n) is 6.71. The van der Waals surface area contributed by atoms with Gasteiger partial charge in [-0.15, -0.1) is 0 Å². The molecule has 0 saturated carbocycles. The monoisotopic (exact) mass is 685 g/mol. The van der Waals surface area contributed by atoms with Crippen LogP contribution in [0.4, 0.5) is 0 Å². The van der Waals surface area contributed by atoms with E-state index < -0.39 is 8.07 Å². The first-order chi connectivity index (χ1) is 19.7. The zero-order chi connectivity index (χ0) is 29.3. The van der Waals surface area contributed by atoms with Gasteiger partial charge in [0.05, 0.1) is 33.9 Å². The van der Waals surface area contributed by atoms with Crippen LogP contribution in [0.1, 0.15) is 36.1 Å². The number of rotatable bonds is 8. The number of halogens is 1. The smallest absolute Gasteiger partial charge is 0.223 e. The lowest BCUT2D eigenvalue weighted by molar-refractivity contribution is -0.136. The van der Waals surface area contributed by atoms with Gasteiger partial charge in [-0.1, -0.05) is 61.6 Å². The minimum Gasteiger partial charge on any atom is -0.497 e. The molecule has 8 heteroatoms. The third kappa shape index (κ3) is 5.93. The maximum absolute atomic E-state index is 14.3. The molecule has 5 atom stereocenters. The molecule has 2 aliphatic rings. The Morgan fingerprint density at radius 2 is 1.80 bits per heavy atom. The summed E-state index contributed by atoms with van der Waals surface area (Å²) in [4.78, 5) is 16.2. The van der Waals surface area contributed by atoms with Gasteiger partial charge in [0, 0.05) is 40.7 Å². The molecule has 0 radical (unpaired) electrons. The van der Waals surface area contributed by atoms with Crippen LogP contribution in [0.5, 0.6) is 11.5 Å². The normalized spacial score (nSPS) is 22.8. The zero-order valence-electron chi connectivity index (χ0n) is 24.5.